The maximum atomic E-state index is 10.9. The van der Waals surface area contributed by atoms with Crippen molar-refractivity contribution in [2.24, 2.45) is 17.1 Å². The van der Waals surface area contributed by atoms with E-state index in [4.69, 9.17) is 5.73 Å². The van der Waals surface area contributed by atoms with Crippen LogP contribution in [0.25, 0.3) is 0 Å². The predicted octanol–water partition coefficient (Wildman–Crippen LogP) is 0.158. The molecule has 2 aliphatic rings. The van der Waals surface area contributed by atoms with Crippen LogP contribution in [0.2, 0.25) is 0 Å². The third kappa shape index (κ3) is 1.27. The van der Waals surface area contributed by atoms with E-state index in [0.29, 0.717) is 17.4 Å². The van der Waals surface area contributed by atoms with E-state index in [0.717, 1.165) is 12.8 Å². The van der Waals surface area contributed by atoms with Gasteiger partial charge in [0.2, 0.25) is 0 Å². The van der Waals surface area contributed by atoms with Crippen LogP contribution in [0.5, 0.6) is 0 Å². The minimum absolute atomic E-state index is 0.187. The third-order valence-corrected chi connectivity index (χ3v) is 5.06. The summed E-state index contributed by atoms with van der Waals surface area (Å²) in [6.45, 7) is 1.99. The highest BCUT2D eigenvalue weighted by atomic mass is 32.2. The first-order valence-electron chi connectivity index (χ1n) is 4.40. The summed E-state index contributed by atoms with van der Waals surface area (Å²) in [6, 6.07) is 0.220. The van der Waals surface area contributed by atoms with E-state index >= 15 is 0 Å². The second-order valence-electron chi connectivity index (χ2n) is 4.51. The van der Waals surface area contributed by atoms with Crippen molar-refractivity contribution in [3.05, 3.63) is 0 Å². The fourth-order valence-electron chi connectivity index (χ4n) is 2.40. The van der Waals surface area contributed by atoms with Crippen LogP contribution in [0.4, 0.5) is 0 Å². The van der Waals surface area contributed by atoms with Gasteiger partial charge in [-0.15, -0.1) is 0 Å². The minimum atomic E-state index is -2.64. The zero-order valence-corrected chi connectivity index (χ0v) is 8.10. The van der Waals surface area contributed by atoms with Gasteiger partial charge in [0.15, 0.2) is 9.84 Å². The molecule has 1 spiro atoms. The first kappa shape index (κ1) is 8.51. The molecular formula is C8H15NO2S. The SMILES string of the molecule is CC(N)CC1CC12CS(=O)(=O)C2. The smallest absolute Gasteiger partial charge is 0.151 e. The maximum Gasteiger partial charge on any atom is 0.151 e. The van der Waals surface area contributed by atoms with E-state index < -0.39 is 9.84 Å². The summed E-state index contributed by atoms with van der Waals surface area (Å²) in [5.74, 6) is 1.45. The van der Waals surface area contributed by atoms with Crippen molar-refractivity contribution in [2.45, 2.75) is 25.8 Å². The lowest BCUT2D eigenvalue weighted by Crippen LogP contribution is -2.40. The molecule has 1 aliphatic heterocycles. The molecule has 12 heavy (non-hydrogen) atoms. The van der Waals surface area contributed by atoms with Crippen LogP contribution < -0.4 is 5.73 Å². The van der Waals surface area contributed by atoms with Crippen molar-refractivity contribution in [2.75, 3.05) is 11.5 Å². The summed E-state index contributed by atoms with van der Waals surface area (Å²) in [5.41, 5.74) is 5.84. The molecule has 0 amide bonds. The lowest BCUT2D eigenvalue weighted by molar-refractivity contribution is 0.450. The van der Waals surface area contributed by atoms with Gasteiger partial charge in [0.25, 0.3) is 0 Å². The summed E-state index contributed by atoms with van der Waals surface area (Å²) in [7, 11) is -2.64. The maximum absolute atomic E-state index is 10.9. The van der Waals surface area contributed by atoms with Crippen molar-refractivity contribution >= 4 is 9.84 Å². The molecule has 0 bridgehead atoms. The normalized spacial score (nSPS) is 37.3. The summed E-state index contributed by atoms with van der Waals surface area (Å²) in [5, 5.41) is 0. The number of nitrogens with two attached hydrogens (primary N) is 1. The summed E-state index contributed by atoms with van der Waals surface area (Å²) in [4.78, 5) is 0. The highest BCUT2D eigenvalue weighted by Crippen LogP contribution is 2.61. The lowest BCUT2D eigenvalue weighted by atomic mass is 10.0. The average molecular weight is 189 g/mol. The number of sulfone groups is 1. The molecule has 70 valence electrons. The van der Waals surface area contributed by atoms with E-state index in [1.165, 1.54) is 0 Å². The second-order valence-corrected chi connectivity index (χ2v) is 6.57. The molecule has 2 rings (SSSR count). The number of rotatable bonds is 2. The molecular weight excluding hydrogens is 174 g/mol. The first-order valence-corrected chi connectivity index (χ1v) is 6.22. The molecule has 1 saturated carbocycles. The molecule has 1 heterocycles. The zero-order valence-electron chi connectivity index (χ0n) is 7.29. The van der Waals surface area contributed by atoms with E-state index in [-0.39, 0.29) is 11.5 Å². The lowest BCUT2D eigenvalue weighted by Gasteiger charge is -2.27. The predicted molar refractivity (Wildman–Crippen MR) is 47.5 cm³/mol. The molecule has 0 radical (unpaired) electrons. The summed E-state index contributed by atoms with van der Waals surface area (Å²) < 4.78 is 21.9. The quantitative estimate of drug-likeness (QED) is 0.673. The molecule has 2 fully saturated rings. The second kappa shape index (κ2) is 2.23. The Balaban J connectivity index is 1.89. The van der Waals surface area contributed by atoms with Crippen molar-refractivity contribution in [1.29, 1.82) is 0 Å². The Labute approximate surface area is 73.2 Å². The topological polar surface area (TPSA) is 60.2 Å². The van der Waals surface area contributed by atoms with Gasteiger partial charge in [-0.05, 0) is 25.7 Å². The largest absolute Gasteiger partial charge is 0.328 e. The van der Waals surface area contributed by atoms with E-state index in [1.807, 2.05) is 6.92 Å². The monoisotopic (exact) mass is 189 g/mol. The van der Waals surface area contributed by atoms with Crippen LogP contribution in [0.1, 0.15) is 19.8 Å². The highest BCUT2D eigenvalue weighted by Gasteiger charge is 2.64. The summed E-state index contributed by atoms with van der Waals surface area (Å²) in [6.07, 6.45) is 2.09. The molecule has 0 aromatic heterocycles. The number of hydrogen-bond acceptors (Lipinski definition) is 3. The Morgan fingerprint density at radius 1 is 1.58 bits per heavy atom. The molecule has 2 N–H and O–H groups in total. The van der Waals surface area contributed by atoms with E-state index in [2.05, 4.69) is 0 Å². The first-order chi connectivity index (χ1) is 5.44. The van der Waals surface area contributed by atoms with Gasteiger partial charge < -0.3 is 5.73 Å². The van der Waals surface area contributed by atoms with Gasteiger partial charge in [0.05, 0.1) is 11.5 Å². The van der Waals surface area contributed by atoms with Crippen LogP contribution in [0.15, 0.2) is 0 Å². The van der Waals surface area contributed by atoms with Crippen LogP contribution >= 0.6 is 0 Å². The average Bonchev–Trinajstić information content (AvgIpc) is 2.36. The van der Waals surface area contributed by atoms with Crippen LogP contribution in [0, 0.1) is 11.3 Å². The van der Waals surface area contributed by atoms with Gasteiger partial charge in [0, 0.05) is 11.5 Å². The van der Waals surface area contributed by atoms with Gasteiger partial charge in [-0.1, -0.05) is 0 Å². The molecule has 0 aromatic rings. The Morgan fingerprint density at radius 3 is 2.58 bits per heavy atom. The zero-order chi connectivity index (χ0) is 8.98. The summed E-state index contributed by atoms with van der Waals surface area (Å²) >= 11 is 0. The van der Waals surface area contributed by atoms with Crippen molar-refractivity contribution < 1.29 is 8.42 Å². The van der Waals surface area contributed by atoms with Gasteiger partial charge in [-0.3, -0.25) is 0 Å². The standard InChI is InChI=1S/C8H15NO2S/c1-6(9)2-7-3-8(7)4-12(10,11)5-8/h6-7H,2-5,9H2,1H3. The van der Waals surface area contributed by atoms with Gasteiger partial charge >= 0.3 is 0 Å². The fraction of sp³-hybridized carbons (Fsp3) is 1.00. The van der Waals surface area contributed by atoms with Gasteiger partial charge in [0.1, 0.15) is 0 Å². The van der Waals surface area contributed by atoms with Crippen LogP contribution in [-0.4, -0.2) is 26.0 Å². The van der Waals surface area contributed by atoms with Crippen LogP contribution in [0.3, 0.4) is 0 Å². The fourth-order valence-corrected chi connectivity index (χ4v) is 4.78. The molecule has 2 atom stereocenters. The molecule has 3 nitrogen and oxygen atoms in total. The molecule has 1 aliphatic carbocycles. The molecule has 2 unspecified atom stereocenters. The Hall–Kier alpha value is -0.0900. The molecule has 1 saturated heterocycles. The Bertz CT molecular complexity index is 282. The minimum Gasteiger partial charge on any atom is -0.328 e. The van der Waals surface area contributed by atoms with E-state index in [1.54, 1.807) is 0 Å². The molecule has 4 heteroatoms. The Kier molecular flexibility index (Phi) is 1.58. The van der Waals surface area contributed by atoms with Crippen molar-refractivity contribution in [3.8, 4) is 0 Å². The van der Waals surface area contributed by atoms with Crippen LogP contribution in [-0.2, 0) is 9.84 Å². The van der Waals surface area contributed by atoms with Crippen molar-refractivity contribution in [1.82, 2.24) is 0 Å². The third-order valence-electron chi connectivity index (χ3n) is 3.03. The molecule has 0 aromatic carbocycles. The van der Waals surface area contributed by atoms with Gasteiger partial charge in [-0.25, -0.2) is 8.42 Å². The van der Waals surface area contributed by atoms with Crippen molar-refractivity contribution in [3.63, 3.8) is 0 Å². The van der Waals surface area contributed by atoms with Gasteiger partial charge in [-0.2, -0.15) is 0 Å². The number of hydrogen-bond donors (Lipinski definition) is 1. The van der Waals surface area contributed by atoms with E-state index in [9.17, 15) is 8.42 Å². The highest BCUT2D eigenvalue weighted by molar-refractivity contribution is 7.92. The Morgan fingerprint density at radius 2 is 2.17 bits per heavy atom.